The van der Waals surface area contributed by atoms with Crippen LogP contribution >= 0.6 is 0 Å². The molecule has 0 unspecified atom stereocenters. The second kappa shape index (κ2) is 6.09. The minimum atomic E-state index is 1.15. The van der Waals surface area contributed by atoms with E-state index in [1.54, 1.807) is 0 Å². The Bertz CT molecular complexity index is 168. The molecule has 0 radical (unpaired) electrons. The van der Waals surface area contributed by atoms with E-state index in [0.29, 0.717) is 0 Å². The van der Waals surface area contributed by atoms with Crippen LogP contribution < -0.4 is 0 Å². The third-order valence-electron chi connectivity index (χ3n) is 1.16. The molecule has 0 rings (SSSR count). The van der Waals surface area contributed by atoms with Crippen LogP contribution in [-0.2, 0) is 0 Å². The molecule has 0 amide bonds. The highest BCUT2D eigenvalue weighted by Crippen LogP contribution is 1.96. The van der Waals surface area contributed by atoms with Crippen LogP contribution in [0.1, 0.15) is 13.8 Å². The molecule has 0 heteroatoms. The lowest BCUT2D eigenvalue weighted by atomic mass is 10.2. The summed E-state index contributed by atoms with van der Waals surface area (Å²) >= 11 is 0. The molecule has 0 aromatic rings. The lowest BCUT2D eigenvalue weighted by molar-refractivity contribution is 1.60. The first-order valence-electron chi connectivity index (χ1n) is 3.43. The highest BCUT2D eigenvalue weighted by molar-refractivity contribution is 5.30. The summed E-state index contributed by atoms with van der Waals surface area (Å²) in [6.07, 6.45) is 11.9. The fraction of sp³-hybridized carbons (Fsp3) is 0.200. The van der Waals surface area contributed by atoms with Gasteiger partial charge in [-0.25, -0.2) is 0 Å². The second-order valence-electron chi connectivity index (χ2n) is 1.88. The third kappa shape index (κ3) is 3.90. The van der Waals surface area contributed by atoms with Crippen LogP contribution in [0, 0.1) is 0 Å². The SMILES string of the molecule is C=CC(/C=C\C=C/C)=C/C. The molecule has 0 spiro atoms. The number of hydrogen-bond acceptors (Lipinski definition) is 0. The van der Waals surface area contributed by atoms with Crippen LogP contribution in [0.5, 0.6) is 0 Å². The predicted molar refractivity (Wildman–Crippen MR) is 47.9 cm³/mol. The Balaban J connectivity index is 3.98. The average molecular weight is 134 g/mol. The summed E-state index contributed by atoms with van der Waals surface area (Å²) in [6.45, 7) is 7.66. The molecule has 0 aliphatic rings. The Morgan fingerprint density at radius 2 is 1.90 bits per heavy atom. The maximum absolute atomic E-state index is 3.67. The van der Waals surface area contributed by atoms with Gasteiger partial charge in [-0.05, 0) is 19.4 Å². The number of rotatable bonds is 3. The molecular weight excluding hydrogens is 120 g/mol. The summed E-state index contributed by atoms with van der Waals surface area (Å²) < 4.78 is 0. The topological polar surface area (TPSA) is 0 Å². The van der Waals surface area contributed by atoms with E-state index in [-0.39, 0.29) is 0 Å². The zero-order chi connectivity index (χ0) is 7.82. The van der Waals surface area contributed by atoms with Gasteiger partial charge >= 0.3 is 0 Å². The fourth-order valence-electron chi connectivity index (χ4n) is 0.560. The van der Waals surface area contributed by atoms with Gasteiger partial charge in [-0.15, -0.1) is 0 Å². The van der Waals surface area contributed by atoms with Gasteiger partial charge in [0.1, 0.15) is 0 Å². The predicted octanol–water partition coefficient (Wildman–Crippen LogP) is 3.25. The monoisotopic (exact) mass is 134 g/mol. The van der Waals surface area contributed by atoms with Gasteiger partial charge in [-0.2, -0.15) is 0 Å². The third-order valence-corrected chi connectivity index (χ3v) is 1.16. The standard InChI is InChI=1S/C10H14/c1-4-7-8-9-10(5-2)6-3/h4-9H,2H2,1,3H3/b7-4-,9-8-,10-6-. The van der Waals surface area contributed by atoms with Crippen molar-refractivity contribution >= 4 is 0 Å². The van der Waals surface area contributed by atoms with Crippen molar-refractivity contribution < 1.29 is 0 Å². The van der Waals surface area contributed by atoms with Crippen molar-refractivity contribution in [2.24, 2.45) is 0 Å². The Morgan fingerprint density at radius 1 is 1.20 bits per heavy atom. The van der Waals surface area contributed by atoms with Crippen LogP contribution in [0.4, 0.5) is 0 Å². The van der Waals surface area contributed by atoms with Crippen molar-refractivity contribution in [1.82, 2.24) is 0 Å². The highest BCUT2D eigenvalue weighted by Gasteiger charge is 1.75. The Hall–Kier alpha value is -1.04. The maximum Gasteiger partial charge on any atom is -0.0305 e. The van der Waals surface area contributed by atoms with E-state index in [0.717, 1.165) is 5.57 Å². The minimum absolute atomic E-state index is 1.15. The average Bonchev–Trinajstić information content (AvgIpc) is 1.99. The van der Waals surface area contributed by atoms with Crippen molar-refractivity contribution in [2.45, 2.75) is 13.8 Å². The van der Waals surface area contributed by atoms with E-state index < -0.39 is 0 Å². The highest BCUT2D eigenvalue weighted by atomic mass is 13.8. The zero-order valence-corrected chi connectivity index (χ0v) is 6.67. The Labute approximate surface area is 63.3 Å². The molecule has 0 aromatic heterocycles. The quantitative estimate of drug-likeness (QED) is 0.520. The number of hydrogen-bond donors (Lipinski definition) is 0. The van der Waals surface area contributed by atoms with Gasteiger partial charge in [0.25, 0.3) is 0 Å². The summed E-state index contributed by atoms with van der Waals surface area (Å²) in [7, 11) is 0. The van der Waals surface area contributed by atoms with Gasteiger partial charge in [-0.3, -0.25) is 0 Å². The summed E-state index contributed by atoms with van der Waals surface area (Å²) in [6, 6.07) is 0. The van der Waals surface area contributed by atoms with Crippen molar-refractivity contribution in [2.75, 3.05) is 0 Å². The van der Waals surface area contributed by atoms with Gasteiger partial charge in [-0.1, -0.05) is 43.0 Å². The number of allylic oxidation sites excluding steroid dienone is 7. The summed E-state index contributed by atoms with van der Waals surface area (Å²) in [5.74, 6) is 0. The van der Waals surface area contributed by atoms with E-state index >= 15 is 0 Å². The summed E-state index contributed by atoms with van der Waals surface area (Å²) in [5.41, 5.74) is 1.15. The molecule has 0 aliphatic carbocycles. The van der Waals surface area contributed by atoms with Crippen molar-refractivity contribution in [1.29, 1.82) is 0 Å². The van der Waals surface area contributed by atoms with Gasteiger partial charge in [0.2, 0.25) is 0 Å². The Kier molecular flexibility index (Phi) is 5.45. The molecule has 0 saturated heterocycles. The first kappa shape index (κ1) is 8.96. The molecular formula is C10H14. The zero-order valence-electron chi connectivity index (χ0n) is 6.67. The molecule has 54 valence electrons. The first-order valence-corrected chi connectivity index (χ1v) is 3.43. The van der Waals surface area contributed by atoms with Crippen LogP contribution in [0.2, 0.25) is 0 Å². The van der Waals surface area contributed by atoms with Crippen LogP contribution in [0.15, 0.2) is 48.6 Å². The molecule has 0 aromatic carbocycles. The van der Waals surface area contributed by atoms with Gasteiger partial charge < -0.3 is 0 Å². The first-order chi connectivity index (χ1) is 4.85. The van der Waals surface area contributed by atoms with E-state index in [2.05, 4.69) is 6.58 Å². The normalized spacial score (nSPS) is 13.2. The molecule has 0 fully saturated rings. The summed E-state index contributed by atoms with van der Waals surface area (Å²) in [4.78, 5) is 0. The van der Waals surface area contributed by atoms with Crippen LogP contribution in [-0.4, -0.2) is 0 Å². The van der Waals surface area contributed by atoms with Crippen molar-refractivity contribution in [3.05, 3.63) is 48.6 Å². The molecule has 0 N–H and O–H groups in total. The molecule has 0 nitrogen and oxygen atoms in total. The molecule has 0 heterocycles. The van der Waals surface area contributed by atoms with E-state index in [4.69, 9.17) is 0 Å². The summed E-state index contributed by atoms with van der Waals surface area (Å²) in [5, 5.41) is 0. The van der Waals surface area contributed by atoms with Crippen molar-refractivity contribution in [3.63, 3.8) is 0 Å². The molecule has 0 atom stereocenters. The van der Waals surface area contributed by atoms with E-state index in [1.165, 1.54) is 0 Å². The molecule has 0 saturated carbocycles. The van der Waals surface area contributed by atoms with Gasteiger partial charge in [0.05, 0.1) is 0 Å². The van der Waals surface area contributed by atoms with E-state index in [1.807, 2.05) is 50.3 Å². The van der Waals surface area contributed by atoms with Crippen LogP contribution in [0.25, 0.3) is 0 Å². The minimum Gasteiger partial charge on any atom is -0.0985 e. The Morgan fingerprint density at radius 3 is 2.30 bits per heavy atom. The van der Waals surface area contributed by atoms with Crippen LogP contribution in [0.3, 0.4) is 0 Å². The fourth-order valence-corrected chi connectivity index (χ4v) is 0.560. The van der Waals surface area contributed by atoms with E-state index in [9.17, 15) is 0 Å². The smallest absolute Gasteiger partial charge is 0.0305 e. The van der Waals surface area contributed by atoms with Gasteiger partial charge in [0.15, 0.2) is 0 Å². The largest absolute Gasteiger partial charge is 0.0985 e. The molecule has 0 bridgehead atoms. The molecule has 10 heavy (non-hydrogen) atoms. The lowest BCUT2D eigenvalue weighted by Gasteiger charge is -1.85. The maximum atomic E-state index is 3.67. The van der Waals surface area contributed by atoms with Crippen molar-refractivity contribution in [3.8, 4) is 0 Å². The molecule has 0 aliphatic heterocycles. The second-order valence-corrected chi connectivity index (χ2v) is 1.88. The van der Waals surface area contributed by atoms with Gasteiger partial charge in [0, 0.05) is 0 Å². The lowest BCUT2D eigenvalue weighted by Crippen LogP contribution is -1.65.